The molecular formula is C21H14N2OS. The van der Waals surface area contributed by atoms with E-state index in [0.717, 1.165) is 22.1 Å². The molecule has 1 heterocycles. The lowest BCUT2D eigenvalue weighted by Gasteiger charge is -2.02. The van der Waals surface area contributed by atoms with Crippen molar-refractivity contribution in [3.05, 3.63) is 84.1 Å². The van der Waals surface area contributed by atoms with Gasteiger partial charge in [0.05, 0.1) is 0 Å². The number of hydrogen-bond acceptors (Lipinski definition) is 4. The predicted octanol–water partition coefficient (Wildman–Crippen LogP) is 5.66. The van der Waals surface area contributed by atoms with Gasteiger partial charge >= 0.3 is 0 Å². The Kier molecular flexibility index (Phi) is 4.24. The summed E-state index contributed by atoms with van der Waals surface area (Å²) in [4.78, 5) is 4.41. The average Bonchev–Trinajstić information content (AvgIpc) is 3.10. The van der Waals surface area contributed by atoms with Gasteiger partial charge in [0.15, 0.2) is 10.8 Å². The van der Waals surface area contributed by atoms with Gasteiger partial charge in [0, 0.05) is 11.3 Å². The first-order chi connectivity index (χ1) is 12.3. The maximum Gasteiger partial charge on any atom is 0.229 e. The summed E-state index contributed by atoms with van der Waals surface area (Å²) < 4.78 is 5.95. The fraction of sp³-hybridized carbons (Fsp3) is 0.0476. The number of nitriles is 1. The highest BCUT2D eigenvalue weighted by Gasteiger charge is 2.16. The summed E-state index contributed by atoms with van der Waals surface area (Å²) in [6.45, 7) is 0. The summed E-state index contributed by atoms with van der Waals surface area (Å²) in [7, 11) is 0. The van der Waals surface area contributed by atoms with Crippen LogP contribution in [0.1, 0.15) is 11.3 Å². The Morgan fingerprint density at radius 3 is 2.52 bits per heavy atom. The van der Waals surface area contributed by atoms with Crippen molar-refractivity contribution in [2.75, 3.05) is 0 Å². The van der Waals surface area contributed by atoms with Crippen LogP contribution in [-0.4, -0.2) is 4.98 Å². The Bertz CT molecular complexity index is 1060. The zero-order valence-electron chi connectivity index (χ0n) is 13.3. The summed E-state index contributed by atoms with van der Waals surface area (Å²) in [5.41, 5.74) is 2.42. The van der Waals surface area contributed by atoms with Crippen LogP contribution in [0.15, 0.2) is 82.3 Å². The molecule has 3 aromatic carbocycles. The highest BCUT2D eigenvalue weighted by atomic mass is 32.2. The molecule has 4 heteroatoms. The fourth-order valence-corrected chi connectivity index (χ4v) is 3.58. The van der Waals surface area contributed by atoms with Crippen LogP contribution in [0.3, 0.4) is 0 Å². The van der Waals surface area contributed by atoms with Crippen LogP contribution in [0.25, 0.3) is 22.2 Å². The molecule has 4 rings (SSSR count). The molecule has 0 N–H and O–H groups in total. The van der Waals surface area contributed by atoms with Crippen molar-refractivity contribution in [2.24, 2.45) is 0 Å². The first kappa shape index (κ1) is 15.5. The van der Waals surface area contributed by atoms with Gasteiger partial charge in [-0.3, -0.25) is 0 Å². The lowest BCUT2D eigenvalue weighted by atomic mass is 10.0. The number of thioether (sulfide) groups is 1. The van der Waals surface area contributed by atoms with Gasteiger partial charge in [-0.2, -0.15) is 10.2 Å². The molecular weight excluding hydrogens is 328 g/mol. The lowest BCUT2D eigenvalue weighted by molar-refractivity contribution is 0.483. The second-order valence-corrected chi connectivity index (χ2v) is 6.52. The minimum atomic E-state index is 0.337. The van der Waals surface area contributed by atoms with Crippen molar-refractivity contribution in [1.29, 1.82) is 5.26 Å². The van der Waals surface area contributed by atoms with Crippen molar-refractivity contribution in [3.63, 3.8) is 0 Å². The molecule has 0 aliphatic rings. The molecule has 3 nitrogen and oxygen atoms in total. The predicted molar refractivity (Wildman–Crippen MR) is 100 cm³/mol. The van der Waals surface area contributed by atoms with Crippen LogP contribution >= 0.6 is 11.8 Å². The SMILES string of the molecule is N#Cc1nc(-c2cccc3ccccc23)oc1SCc1ccccc1. The molecule has 120 valence electrons. The Morgan fingerprint density at radius 2 is 1.68 bits per heavy atom. The topological polar surface area (TPSA) is 49.8 Å². The molecule has 0 saturated carbocycles. The van der Waals surface area contributed by atoms with Gasteiger partial charge in [-0.05, 0) is 22.4 Å². The fourth-order valence-electron chi connectivity index (χ4n) is 2.72. The Hall–Kier alpha value is -3.03. The third-order valence-corrected chi connectivity index (χ3v) is 4.95. The van der Waals surface area contributed by atoms with Crippen LogP contribution in [0.5, 0.6) is 0 Å². The highest BCUT2D eigenvalue weighted by Crippen LogP contribution is 2.34. The van der Waals surface area contributed by atoms with Gasteiger partial charge in [0.1, 0.15) is 6.07 Å². The molecule has 4 aromatic rings. The minimum absolute atomic E-state index is 0.337. The first-order valence-electron chi connectivity index (χ1n) is 7.91. The van der Waals surface area contributed by atoms with E-state index in [1.54, 1.807) is 0 Å². The van der Waals surface area contributed by atoms with E-state index in [9.17, 15) is 5.26 Å². The third-order valence-electron chi connectivity index (χ3n) is 3.93. The number of hydrogen-bond donors (Lipinski definition) is 0. The quantitative estimate of drug-likeness (QED) is 0.449. The van der Waals surface area contributed by atoms with Crippen LogP contribution in [-0.2, 0) is 5.75 Å². The van der Waals surface area contributed by atoms with Gasteiger partial charge in [-0.25, -0.2) is 0 Å². The zero-order valence-corrected chi connectivity index (χ0v) is 14.2. The Labute approximate surface area is 149 Å². The van der Waals surface area contributed by atoms with E-state index < -0.39 is 0 Å². The monoisotopic (exact) mass is 342 g/mol. The summed E-state index contributed by atoms with van der Waals surface area (Å²) >= 11 is 1.49. The Morgan fingerprint density at radius 1 is 0.920 bits per heavy atom. The normalized spacial score (nSPS) is 10.7. The van der Waals surface area contributed by atoms with Gasteiger partial charge in [-0.1, -0.05) is 78.5 Å². The number of oxazole rings is 1. The molecule has 1 aromatic heterocycles. The van der Waals surface area contributed by atoms with E-state index in [1.165, 1.54) is 17.3 Å². The largest absolute Gasteiger partial charge is 0.428 e. The van der Waals surface area contributed by atoms with Crippen LogP contribution in [0.2, 0.25) is 0 Å². The standard InChI is InChI=1S/C21H14N2OS/c22-13-19-21(25-14-15-7-2-1-3-8-15)24-20(23-19)18-12-6-10-16-9-4-5-11-17(16)18/h1-12H,14H2. The third kappa shape index (κ3) is 3.15. The minimum Gasteiger partial charge on any atom is -0.428 e. The molecule has 0 bridgehead atoms. The summed E-state index contributed by atoms with van der Waals surface area (Å²) in [6.07, 6.45) is 0. The molecule has 0 aliphatic carbocycles. The van der Waals surface area contributed by atoms with Crippen molar-refractivity contribution in [2.45, 2.75) is 10.8 Å². The Balaban J connectivity index is 1.70. The van der Waals surface area contributed by atoms with Crippen molar-refractivity contribution in [1.82, 2.24) is 4.98 Å². The molecule has 0 unspecified atom stereocenters. The number of nitrogens with zero attached hydrogens (tertiary/aromatic N) is 2. The number of benzene rings is 3. The molecule has 25 heavy (non-hydrogen) atoms. The summed E-state index contributed by atoms with van der Waals surface area (Å²) in [5.74, 6) is 1.23. The second-order valence-electron chi connectivity index (χ2n) is 5.57. The molecule has 0 spiro atoms. The van der Waals surface area contributed by atoms with E-state index in [0.29, 0.717) is 16.7 Å². The maximum absolute atomic E-state index is 9.40. The smallest absolute Gasteiger partial charge is 0.229 e. The summed E-state index contributed by atoms with van der Waals surface area (Å²) in [6, 6.07) is 26.3. The molecule has 0 amide bonds. The van der Waals surface area contributed by atoms with Crippen molar-refractivity contribution < 1.29 is 4.42 Å². The van der Waals surface area contributed by atoms with Crippen LogP contribution < -0.4 is 0 Å². The molecule has 0 radical (unpaired) electrons. The number of aromatic nitrogens is 1. The van der Waals surface area contributed by atoms with Gasteiger partial charge in [-0.15, -0.1) is 0 Å². The van der Waals surface area contributed by atoms with E-state index in [2.05, 4.69) is 35.3 Å². The number of fused-ring (bicyclic) bond motifs is 1. The van der Waals surface area contributed by atoms with E-state index >= 15 is 0 Å². The number of rotatable bonds is 4. The van der Waals surface area contributed by atoms with Crippen molar-refractivity contribution in [3.8, 4) is 17.5 Å². The van der Waals surface area contributed by atoms with Gasteiger partial charge in [0.25, 0.3) is 0 Å². The molecule has 0 aliphatic heterocycles. The zero-order chi connectivity index (χ0) is 17.1. The second kappa shape index (κ2) is 6.84. The first-order valence-corrected chi connectivity index (χ1v) is 8.89. The average molecular weight is 342 g/mol. The van der Waals surface area contributed by atoms with E-state index in [-0.39, 0.29) is 0 Å². The van der Waals surface area contributed by atoms with Gasteiger partial charge in [0.2, 0.25) is 5.89 Å². The van der Waals surface area contributed by atoms with Crippen LogP contribution in [0.4, 0.5) is 0 Å². The molecule has 0 fully saturated rings. The van der Waals surface area contributed by atoms with Crippen molar-refractivity contribution >= 4 is 22.5 Å². The van der Waals surface area contributed by atoms with E-state index in [4.69, 9.17) is 4.42 Å². The molecule has 0 saturated heterocycles. The highest BCUT2D eigenvalue weighted by molar-refractivity contribution is 7.98. The van der Waals surface area contributed by atoms with Crippen LogP contribution in [0, 0.1) is 11.3 Å². The lowest BCUT2D eigenvalue weighted by Crippen LogP contribution is -1.82. The van der Waals surface area contributed by atoms with E-state index in [1.807, 2.05) is 48.5 Å². The summed E-state index contributed by atoms with van der Waals surface area (Å²) in [5, 5.41) is 12.2. The maximum atomic E-state index is 9.40. The molecule has 0 atom stereocenters. The van der Waals surface area contributed by atoms with Gasteiger partial charge < -0.3 is 4.42 Å².